The number of phenolic OH excluding ortho intramolecular Hbond substituents is 1. The van der Waals surface area contributed by atoms with Crippen molar-refractivity contribution in [3.63, 3.8) is 0 Å². The summed E-state index contributed by atoms with van der Waals surface area (Å²) in [6.45, 7) is 1.88. The molecule has 35 heavy (non-hydrogen) atoms. The van der Waals surface area contributed by atoms with E-state index in [9.17, 15) is 30.7 Å². The number of hydrogen-bond donors (Lipinski definition) is 1. The summed E-state index contributed by atoms with van der Waals surface area (Å²) >= 11 is 0. The lowest BCUT2D eigenvalue weighted by Gasteiger charge is -2.20. The van der Waals surface area contributed by atoms with Crippen LogP contribution in [-0.4, -0.2) is 5.11 Å². The summed E-state index contributed by atoms with van der Waals surface area (Å²) < 4.78 is 104. The molecule has 1 N–H and O–H groups in total. The molecule has 0 saturated carbocycles. The van der Waals surface area contributed by atoms with Gasteiger partial charge in [0.2, 0.25) is 0 Å². The van der Waals surface area contributed by atoms with E-state index in [2.05, 4.69) is 4.74 Å². The lowest BCUT2D eigenvalue weighted by atomic mass is 9.98. The number of rotatable bonds is 5. The Morgan fingerprint density at radius 3 is 1.69 bits per heavy atom. The smallest absolute Gasteiger partial charge is 0.432 e. The Balaban J connectivity index is 1.67. The van der Waals surface area contributed by atoms with Crippen LogP contribution in [-0.2, 0) is 6.11 Å². The van der Waals surface area contributed by atoms with Crippen molar-refractivity contribution in [1.82, 2.24) is 0 Å². The van der Waals surface area contributed by atoms with Crippen LogP contribution in [0, 0.1) is 36.0 Å². The van der Waals surface area contributed by atoms with Gasteiger partial charge in [0.15, 0.2) is 17.4 Å². The molecule has 0 bridgehead atoms. The minimum atomic E-state index is -4.70. The van der Waals surface area contributed by atoms with Crippen molar-refractivity contribution < 1.29 is 40.6 Å². The van der Waals surface area contributed by atoms with Crippen LogP contribution >= 0.6 is 0 Å². The van der Waals surface area contributed by atoms with Crippen molar-refractivity contribution in [3.8, 4) is 33.8 Å². The summed E-state index contributed by atoms with van der Waals surface area (Å²) in [7, 11) is 0. The van der Waals surface area contributed by atoms with E-state index in [4.69, 9.17) is 5.11 Å². The van der Waals surface area contributed by atoms with E-state index in [1.165, 1.54) is 12.1 Å². The zero-order chi connectivity index (χ0) is 25.5. The predicted molar refractivity (Wildman–Crippen MR) is 114 cm³/mol. The third-order valence-corrected chi connectivity index (χ3v) is 5.23. The zero-order valence-electron chi connectivity index (χ0n) is 17.9. The molecule has 0 atom stereocenters. The van der Waals surface area contributed by atoms with Gasteiger partial charge in [0.1, 0.15) is 28.8 Å². The molecule has 0 aromatic heterocycles. The van der Waals surface area contributed by atoms with Gasteiger partial charge < -0.3 is 9.84 Å². The van der Waals surface area contributed by atoms with Gasteiger partial charge in [-0.15, -0.1) is 0 Å². The number of phenols is 1. The van der Waals surface area contributed by atoms with E-state index in [-0.39, 0.29) is 23.3 Å². The number of hydrogen-bond acceptors (Lipinski definition) is 2. The maximum atomic E-state index is 14.8. The second kappa shape index (κ2) is 8.98. The van der Waals surface area contributed by atoms with Gasteiger partial charge in [0, 0.05) is 17.7 Å². The highest BCUT2D eigenvalue weighted by Gasteiger charge is 2.41. The van der Waals surface area contributed by atoms with Crippen molar-refractivity contribution >= 4 is 0 Å². The average Bonchev–Trinajstić information content (AvgIpc) is 2.76. The molecule has 2 nitrogen and oxygen atoms in total. The van der Waals surface area contributed by atoms with Gasteiger partial charge in [-0.2, -0.15) is 8.78 Å². The van der Waals surface area contributed by atoms with E-state index in [1.807, 2.05) is 19.1 Å². The molecule has 0 heterocycles. The number of aryl methyl sites for hydroxylation is 1. The standard InChI is InChI=1S/C26H15F7O2/c1-13-2-4-14(5-3-13)15-6-7-18(19(27)8-15)16-9-20(28)24(21(29)10-16)26(32,33)35-17-11-22(30)25(34)23(31)12-17/h2-12,34H,1H3. The fourth-order valence-electron chi connectivity index (χ4n) is 3.48. The van der Waals surface area contributed by atoms with Crippen LogP contribution in [0.3, 0.4) is 0 Å². The van der Waals surface area contributed by atoms with Crippen molar-refractivity contribution in [3.05, 3.63) is 107 Å². The molecule has 0 spiro atoms. The highest BCUT2D eigenvalue weighted by atomic mass is 19.3. The average molecular weight is 492 g/mol. The summed E-state index contributed by atoms with van der Waals surface area (Å²) in [6.07, 6.45) is -4.70. The topological polar surface area (TPSA) is 29.5 Å². The van der Waals surface area contributed by atoms with E-state index in [0.717, 1.165) is 11.6 Å². The maximum Gasteiger partial charge on any atom is 0.432 e. The Kier molecular flexibility index (Phi) is 6.19. The predicted octanol–water partition coefficient (Wildman–Crippen LogP) is 7.86. The Labute approximate surface area is 194 Å². The van der Waals surface area contributed by atoms with Crippen LogP contribution in [0.5, 0.6) is 11.5 Å². The normalized spacial score (nSPS) is 11.5. The number of aromatic hydroxyl groups is 1. The molecule has 0 aliphatic heterocycles. The van der Waals surface area contributed by atoms with E-state index in [1.54, 1.807) is 12.1 Å². The van der Waals surface area contributed by atoms with E-state index < -0.39 is 52.3 Å². The van der Waals surface area contributed by atoms with Gasteiger partial charge in [-0.05, 0) is 41.8 Å². The maximum absolute atomic E-state index is 14.8. The van der Waals surface area contributed by atoms with Crippen LogP contribution < -0.4 is 4.74 Å². The molecular formula is C26H15F7O2. The number of alkyl halides is 2. The molecule has 0 radical (unpaired) electrons. The highest BCUT2D eigenvalue weighted by molar-refractivity contribution is 5.71. The minimum absolute atomic E-state index is 0.224. The first-order valence-corrected chi connectivity index (χ1v) is 10.1. The summed E-state index contributed by atoms with van der Waals surface area (Å²) in [5.74, 6) is -10.2. The first-order chi connectivity index (χ1) is 16.5. The van der Waals surface area contributed by atoms with Crippen LogP contribution in [0.25, 0.3) is 22.3 Å². The van der Waals surface area contributed by atoms with Crippen LogP contribution in [0.15, 0.2) is 66.7 Å². The Morgan fingerprint density at radius 1 is 0.629 bits per heavy atom. The lowest BCUT2D eigenvalue weighted by Crippen LogP contribution is -2.25. The number of halogens is 7. The molecule has 180 valence electrons. The summed E-state index contributed by atoms with van der Waals surface area (Å²) in [6, 6.07) is 12.6. The monoisotopic (exact) mass is 492 g/mol. The highest BCUT2D eigenvalue weighted by Crippen LogP contribution is 2.39. The molecular weight excluding hydrogens is 477 g/mol. The molecule has 9 heteroatoms. The number of ether oxygens (including phenoxy) is 1. The molecule has 0 aliphatic carbocycles. The first kappa shape index (κ1) is 24.1. The molecule has 0 aliphatic rings. The second-order valence-corrected chi connectivity index (χ2v) is 7.73. The van der Waals surface area contributed by atoms with Crippen molar-refractivity contribution in [2.75, 3.05) is 0 Å². The lowest BCUT2D eigenvalue weighted by molar-refractivity contribution is -0.189. The summed E-state index contributed by atoms with van der Waals surface area (Å²) in [5.41, 5.74) is -0.235. The van der Waals surface area contributed by atoms with Crippen LogP contribution in [0.2, 0.25) is 0 Å². The second-order valence-electron chi connectivity index (χ2n) is 7.73. The van der Waals surface area contributed by atoms with E-state index in [0.29, 0.717) is 23.3 Å². The molecule has 0 amide bonds. The third-order valence-electron chi connectivity index (χ3n) is 5.23. The fourth-order valence-corrected chi connectivity index (χ4v) is 3.48. The largest absolute Gasteiger partial charge is 0.503 e. The van der Waals surface area contributed by atoms with Gasteiger partial charge in [0.05, 0.1) is 0 Å². The van der Waals surface area contributed by atoms with Crippen LogP contribution in [0.4, 0.5) is 30.7 Å². The molecule has 4 aromatic rings. The molecule has 0 fully saturated rings. The van der Waals surface area contributed by atoms with Crippen LogP contribution in [0.1, 0.15) is 11.1 Å². The molecule has 4 rings (SSSR count). The van der Waals surface area contributed by atoms with Gasteiger partial charge in [-0.1, -0.05) is 42.0 Å². The Bertz CT molecular complexity index is 1370. The Hall–Kier alpha value is -4.01. The SMILES string of the molecule is Cc1ccc(-c2ccc(-c3cc(F)c(C(F)(F)Oc4cc(F)c(O)c(F)c4)c(F)c3)c(F)c2)cc1. The summed E-state index contributed by atoms with van der Waals surface area (Å²) in [5, 5.41) is 9.04. The summed E-state index contributed by atoms with van der Waals surface area (Å²) in [4.78, 5) is 0. The Morgan fingerprint density at radius 2 is 1.14 bits per heavy atom. The zero-order valence-corrected chi connectivity index (χ0v) is 17.9. The van der Waals surface area contributed by atoms with Gasteiger partial charge in [-0.3, -0.25) is 0 Å². The molecule has 0 saturated heterocycles. The van der Waals surface area contributed by atoms with E-state index >= 15 is 0 Å². The minimum Gasteiger partial charge on any atom is -0.503 e. The number of benzene rings is 4. The van der Waals surface area contributed by atoms with Crippen molar-refractivity contribution in [2.24, 2.45) is 0 Å². The van der Waals surface area contributed by atoms with Crippen molar-refractivity contribution in [2.45, 2.75) is 13.0 Å². The molecule has 4 aromatic carbocycles. The molecule has 0 unspecified atom stereocenters. The quantitative estimate of drug-likeness (QED) is 0.288. The third kappa shape index (κ3) is 4.80. The van der Waals surface area contributed by atoms with Crippen molar-refractivity contribution in [1.29, 1.82) is 0 Å². The van der Waals surface area contributed by atoms with Gasteiger partial charge in [-0.25, -0.2) is 22.0 Å². The first-order valence-electron chi connectivity index (χ1n) is 10.1. The van der Waals surface area contributed by atoms with Gasteiger partial charge in [0.25, 0.3) is 0 Å². The fraction of sp³-hybridized carbons (Fsp3) is 0.0769. The van der Waals surface area contributed by atoms with Gasteiger partial charge >= 0.3 is 6.11 Å².